The van der Waals surface area contributed by atoms with Crippen molar-refractivity contribution in [3.63, 3.8) is 0 Å². The van der Waals surface area contributed by atoms with Crippen LogP contribution in [0.2, 0.25) is 5.15 Å². The minimum Gasteiger partial charge on any atom is -0.383 e. The molecule has 3 aromatic heterocycles. The maximum Gasteiger partial charge on any atom is 0.132 e. The van der Waals surface area contributed by atoms with E-state index >= 15 is 0 Å². The summed E-state index contributed by atoms with van der Waals surface area (Å²) in [5.41, 5.74) is 9.12. The third kappa shape index (κ3) is 1.78. The number of rotatable bonds is 1. The van der Waals surface area contributed by atoms with Gasteiger partial charge in [0.1, 0.15) is 11.0 Å². The van der Waals surface area contributed by atoms with Crippen molar-refractivity contribution in [3.05, 3.63) is 35.7 Å². The van der Waals surface area contributed by atoms with Crippen molar-refractivity contribution in [2.24, 2.45) is 7.05 Å². The molecule has 90 valence electrons. The van der Waals surface area contributed by atoms with Crippen molar-refractivity contribution in [3.8, 4) is 11.1 Å². The van der Waals surface area contributed by atoms with Gasteiger partial charge in [-0.25, -0.2) is 9.97 Å². The van der Waals surface area contributed by atoms with Gasteiger partial charge in [0.15, 0.2) is 0 Å². The number of nitrogens with two attached hydrogens (primary N) is 1. The fraction of sp³-hybridized carbons (Fsp3) is 0.0833. The molecule has 0 aliphatic carbocycles. The number of hydrogen-bond donors (Lipinski definition) is 1. The van der Waals surface area contributed by atoms with Crippen molar-refractivity contribution in [2.75, 3.05) is 5.73 Å². The molecular weight excluding hydrogens is 250 g/mol. The maximum atomic E-state index is 5.96. The van der Waals surface area contributed by atoms with Gasteiger partial charge in [-0.3, -0.25) is 4.68 Å². The fourth-order valence-electron chi connectivity index (χ4n) is 1.84. The molecule has 0 spiro atoms. The molecule has 6 heteroatoms. The van der Waals surface area contributed by atoms with E-state index < -0.39 is 0 Å². The third-order valence-electron chi connectivity index (χ3n) is 2.68. The Labute approximate surface area is 108 Å². The van der Waals surface area contributed by atoms with Gasteiger partial charge in [-0.15, -0.1) is 0 Å². The number of fused-ring (bicyclic) bond motifs is 1. The normalized spacial score (nSPS) is 11.0. The SMILES string of the molecule is Cn1cc(-c2cc3nc(Cl)ccc3nc2N)cn1. The van der Waals surface area contributed by atoms with Gasteiger partial charge in [-0.1, -0.05) is 11.6 Å². The summed E-state index contributed by atoms with van der Waals surface area (Å²) >= 11 is 5.87. The van der Waals surface area contributed by atoms with Crippen molar-refractivity contribution in [2.45, 2.75) is 0 Å². The zero-order chi connectivity index (χ0) is 12.7. The minimum atomic E-state index is 0.436. The Balaban J connectivity index is 2.26. The van der Waals surface area contributed by atoms with E-state index in [4.69, 9.17) is 17.3 Å². The highest BCUT2D eigenvalue weighted by molar-refractivity contribution is 6.29. The number of anilines is 1. The summed E-state index contributed by atoms with van der Waals surface area (Å²) in [6.07, 6.45) is 3.62. The second-order valence-electron chi connectivity index (χ2n) is 4.00. The zero-order valence-corrected chi connectivity index (χ0v) is 10.4. The van der Waals surface area contributed by atoms with Gasteiger partial charge in [0.2, 0.25) is 0 Å². The van der Waals surface area contributed by atoms with Crippen LogP contribution < -0.4 is 5.73 Å². The number of hydrogen-bond acceptors (Lipinski definition) is 4. The largest absolute Gasteiger partial charge is 0.383 e. The van der Waals surface area contributed by atoms with Gasteiger partial charge in [0, 0.05) is 24.4 Å². The van der Waals surface area contributed by atoms with Crippen molar-refractivity contribution < 1.29 is 0 Å². The van der Waals surface area contributed by atoms with E-state index in [2.05, 4.69) is 15.1 Å². The molecule has 0 saturated heterocycles. The van der Waals surface area contributed by atoms with E-state index in [9.17, 15) is 0 Å². The van der Waals surface area contributed by atoms with Crippen LogP contribution in [-0.2, 0) is 7.05 Å². The number of nitrogens with zero attached hydrogens (tertiary/aromatic N) is 4. The molecule has 0 saturated carbocycles. The maximum absolute atomic E-state index is 5.96. The first-order chi connectivity index (χ1) is 8.63. The van der Waals surface area contributed by atoms with E-state index in [1.807, 2.05) is 19.3 Å². The predicted octanol–water partition coefficient (Wildman–Crippen LogP) is 2.27. The van der Waals surface area contributed by atoms with Gasteiger partial charge >= 0.3 is 0 Å². The molecule has 0 radical (unpaired) electrons. The first-order valence-electron chi connectivity index (χ1n) is 5.35. The van der Waals surface area contributed by atoms with Gasteiger partial charge in [-0.05, 0) is 18.2 Å². The lowest BCUT2D eigenvalue weighted by Gasteiger charge is -2.04. The van der Waals surface area contributed by atoms with Crippen molar-refractivity contribution in [1.29, 1.82) is 0 Å². The first kappa shape index (κ1) is 11.0. The Morgan fingerprint density at radius 3 is 2.78 bits per heavy atom. The Morgan fingerprint density at radius 2 is 2.06 bits per heavy atom. The number of aryl methyl sites for hydroxylation is 1. The Morgan fingerprint density at radius 1 is 1.22 bits per heavy atom. The minimum absolute atomic E-state index is 0.436. The molecule has 0 bridgehead atoms. The molecule has 0 amide bonds. The molecule has 0 aromatic carbocycles. The highest BCUT2D eigenvalue weighted by Gasteiger charge is 2.09. The van der Waals surface area contributed by atoms with Crippen LogP contribution in [0, 0.1) is 0 Å². The lowest BCUT2D eigenvalue weighted by Crippen LogP contribution is -1.95. The Kier molecular flexibility index (Phi) is 2.41. The molecular formula is C12H10ClN5. The molecule has 2 N–H and O–H groups in total. The summed E-state index contributed by atoms with van der Waals surface area (Å²) < 4.78 is 1.71. The van der Waals surface area contributed by atoms with Crippen LogP contribution in [0.4, 0.5) is 5.82 Å². The topological polar surface area (TPSA) is 69.6 Å². The average Bonchev–Trinajstić information content (AvgIpc) is 2.75. The zero-order valence-electron chi connectivity index (χ0n) is 9.63. The van der Waals surface area contributed by atoms with Gasteiger partial charge in [-0.2, -0.15) is 5.10 Å². The molecule has 3 aromatic rings. The molecule has 0 unspecified atom stereocenters. The quantitative estimate of drug-likeness (QED) is 0.681. The lowest BCUT2D eigenvalue weighted by molar-refractivity contribution is 0.768. The summed E-state index contributed by atoms with van der Waals surface area (Å²) in [7, 11) is 1.85. The van der Waals surface area contributed by atoms with Crippen LogP contribution in [-0.4, -0.2) is 19.7 Å². The monoisotopic (exact) mass is 259 g/mol. The number of pyridine rings is 2. The van der Waals surface area contributed by atoms with E-state index in [-0.39, 0.29) is 0 Å². The summed E-state index contributed by atoms with van der Waals surface area (Å²) in [6, 6.07) is 5.37. The number of halogens is 1. The van der Waals surface area contributed by atoms with E-state index in [1.165, 1.54) is 0 Å². The van der Waals surface area contributed by atoms with E-state index in [0.29, 0.717) is 11.0 Å². The predicted molar refractivity (Wildman–Crippen MR) is 71.2 cm³/mol. The van der Waals surface area contributed by atoms with E-state index in [0.717, 1.165) is 22.2 Å². The Bertz CT molecular complexity index is 734. The molecule has 3 heterocycles. The van der Waals surface area contributed by atoms with Crippen molar-refractivity contribution >= 4 is 28.5 Å². The first-order valence-corrected chi connectivity index (χ1v) is 5.73. The van der Waals surface area contributed by atoms with E-state index in [1.54, 1.807) is 23.0 Å². The Hall–Kier alpha value is -2.14. The summed E-state index contributed by atoms with van der Waals surface area (Å²) in [4.78, 5) is 8.55. The van der Waals surface area contributed by atoms with Crippen molar-refractivity contribution in [1.82, 2.24) is 19.7 Å². The fourth-order valence-corrected chi connectivity index (χ4v) is 1.99. The standard InChI is InChI=1S/C12H10ClN5/c1-18-6-7(5-15-18)8-4-10-9(17-12(8)14)2-3-11(13)16-10/h2-6H,1H3,(H2,14,17). The van der Waals surface area contributed by atoms with Gasteiger partial charge < -0.3 is 5.73 Å². The summed E-state index contributed by atoms with van der Waals surface area (Å²) in [6.45, 7) is 0. The number of aromatic nitrogens is 4. The summed E-state index contributed by atoms with van der Waals surface area (Å²) in [5, 5.41) is 4.55. The molecule has 0 fully saturated rings. The van der Waals surface area contributed by atoms with Gasteiger partial charge in [0.05, 0.1) is 17.2 Å². The smallest absolute Gasteiger partial charge is 0.132 e. The van der Waals surface area contributed by atoms with Crippen LogP contribution >= 0.6 is 11.6 Å². The van der Waals surface area contributed by atoms with Crippen LogP contribution in [0.3, 0.4) is 0 Å². The average molecular weight is 260 g/mol. The van der Waals surface area contributed by atoms with Crippen LogP contribution in [0.15, 0.2) is 30.6 Å². The van der Waals surface area contributed by atoms with Crippen LogP contribution in [0.5, 0.6) is 0 Å². The molecule has 3 rings (SSSR count). The third-order valence-corrected chi connectivity index (χ3v) is 2.89. The van der Waals surface area contributed by atoms with Crippen LogP contribution in [0.25, 0.3) is 22.2 Å². The molecule has 0 aliphatic rings. The highest BCUT2D eigenvalue weighted by atomic mass is 35.5. The second-order valence-corrected chi connectivity index (χ2v) is 4.38. The summed E-state index contributed by atoms with van der Waals surface area (Å²) in [5.74, 6) is 0.458. The molecule has 18 heavy (non-hydrogen) atoms. The van der Waals surface area contributed by atoms with Gasteiger partial charge in [0.25, 0.3) is 0 Å². The number of nitrogen functional groups attached to an aromatic ring is 1. The molecule has 0 aliphatic heterocycles. The highest BCUT2D eigenvalue weighted by Crippen LogP contribution is 2.27. The molecule has 5 nitrogen and oxygen atoms in total. The lowest BCUT2D eigenvalue weighted by atomic mass is 10.1. The second kappa shape index (κ2) is 3.96. The molecule has 0 atom stereocenters. The van der Waals surface area contributed by atoms with Crippen LogP contribution in [0.1, 0.15) is 0 Å².